The minimum absolute atomic E-state index is 0.143. The second-order valence-corrected chi connectivity index (χ2v) is 6.88. The van der Waals surface area contributed by atoms with Crippen LogP contribution in [0.4, 0.5) is 10.8 Å². The number of nitrogens with one attached hydrogen (secondary N) is 2. The Bertz CT molecular complexity index is 845. The first kappa shape index (κ1) is 17.9. The van der Waals surface area contributed by atoms with Gasteiger partial charge in [-0.25, -0.2) is 4.98 Å². The predicted octanol–water partition coefficient (Wildman–Crippen LogP) is 4.60. The van der Waals surface area contributed by atoms with Gasteiger partial charge in [-0.2, -0.15) is 0 Å². The molecular formula is C20H21N3O2S. The number of carbonyl (C=O) groups is 1. The third-order valence-corrected chi connectivity index (χ3v) is 4.27. The molecule has 26 heavy (non-hydrogen) atoms. The Balaban J connectivity index is 1.53. The number of carbonyl (C=O) groups excluding carboxylic acids is 1. The van der Waals surface area contributed by atoms with Gasteiger partial charge in [0.05, 0.1) is 6.10 Å². The molecule has 134 valence electrons. The van der Waals surface area contributed by atoms with E-state index < -0.39 is 0 Å². The molecule has 0 unspecified atom stereocenters. The molecular weight excluding hydrogens is 346 g/mol. The monoisotopic (exact) mass is 367 g/mol. The SMILES string of the molecule is CC(C)Oc1ccc(CNC(=O)c2csc(Nc3ccccc3)n2)cc1. The van der Waals surface area contributed by atoms with E-state index in [9.17, 15) is 4.79 Å². The van der Waals surface area contributed by atoms with E-state index in [1.807, 2.05) is 68.4 Å². The highest BCUT2D eigenvalue weighted by Gasteiger charge is 2.10. The molecule has 1 heterocycles. The number of hydrogen-bond acceptors (Lipinski definition) is 5. The van der Waals surface area contributed by atoms with Crippen molar-refractivity contribution in [3.63, 3.8) is 0 Å². The molecule has 0 spiro atoms. The molecule has 1 amide bonds. The van der Waals surface area contributed by atoms with Crippen LogP contribution in [0.2, 0.25) is 0 Å². The Morgan fingerprint density at radius 1 is 1.12 bits per heavy atom. The Morgan fingerprint density at radius 2 is 1.85 bits per heavy atom. The first-order valence-corrected chi connectivity index (χ1v) is 9.29. The third-order valence-electron chi connectivity index (χ3n) is 3.51. The van der Waals surface area contributed by atoms with Crippen molar-refractivity contribution in [3.05, 3.63) is 71.2 Å². The Hall–Kier alpha value is -2.86. The van der Waals surface area contributed by atoms with E-state index in [-0.39, 0.29) is 12.0 Å². The van der Waals surface area contributed by atoms with E-state index in [4.69, 9.17) is 4.74 Å². The standard InChI is InChI=1S/C20H21N3O2S/c1-14(2)25-17-10-8-15(9-11-17)12-21-19(24)18-13-26-20(23-18)22-16-6-4-3-5-7-16/h3-11,13-14H,12H2,1-2H3,(H,21,24)(H,22,23). The summed E-state index contributed by atoms with van der Waals surface area (Å²) in [7, 11) is 0. The van der Waals surface area contributed by atoms with Crippen LogP contribution in [0.25, 0.3) is 0 Å². The van der Waals surface area contributed by atoms with Crippen molar-refractivity contribution in [1.82, 2.24) is 10.3 Å². The molecule has 6 heteroatoms. The number of amides is 1. The molecule has 2 N–H and O–H groups in total. The second kappa shape index (κ2) is 8.49. The van der Waals surface area contributed by atoms with Crippen molar-refractivity contribution in [2.75, 3.05) is 5.32 Å². The molecule has 0 fully saturated rings. The van der Waals surface area contributed by atoms with Crippen molar-refractivity contribution < 1.29 is 9.53 Å². The molecule has 3 aromatic rings. The minimum Gasteiger partial charge on any atom is -0.491 e. The average Bonchev–Trinajstić information content (AvgIpc) is 3.10. The fourth-order valence-corrected chi connectivity index (χ4v) is 3.02. The van der Waals surface area contributed by atoms with Crippen molar-refractivity contribution in [1.29, 1.82) is 0 Å². The fraction of sp³-hybridized carbons (Fsp3) is 0.200. The van der Waals surface area contributed by atoms with Gasteiger partial charge in [-0.15, -0.1) is 11.3 Å². The molecule has 1 aromatic heterocycles. The van der Waals surface area contributed by atoms with Crippen LogP contribution in [0.15, 0.2) is 60.0 Å². The van der Waals surface area contributed by atoms with Gasteiger partial charge in [0, 0.05) is 17.6 Å². The number of para-hydroxylation sites is 1. The van der Waals surface area contributed by atoms with Gasteiger partial charge in [-0.05, 0) is 43.7 Å². The Morgan fingerprint density at radius 3 is 2.54 bits per heavy atom. The summed E-state index contributed by atoms with van der Waals surface area (Å²) in [5.41, 5.74) is 2.36. The third kappa shape index (κ3) is 5.07. The number of hydrogen-bond donors (Lipinski definition) is 2. The summed E-state index contributed by atoms with van der Waals surface area (Å²) in [6, 6.07) is 17.5. The number of rotatable bonds is 7. The van der Waals surface area contributed by atoms with Crippen LogP contribution in [0.5, 0.6) is 5.75 Å². The molecule has 3 rings (SSSR count). The first-order valence-electron chi connectivity index (χ1n) is 8.41. The maximum absolute atomic E-state index is 12.3. The summed E-state index contributed by atoms with van der Waals surface area (Å²) in [6.07, 6.45) is 0.143. The molecule has 0 bridgehead atoms. The maximum Gasteiger partial charge on any atom is 0.271 e. The van der Waals surface area contributed by atoms with Crippen LogP contribution in [0, 0.1) is 0 Å². The van der Waals surface area contributed by atoms with E-state index in [1.54, 1.807) is 5.38 Å². The molecule has 5 nitrogen and oxygen atoms in total. The van der Waals surface area contributed by atoms with E-state index >= 15 is 0 Å². The van der Waals surface area contributed by atoms with Crippen molar-refractivity contribution in [2.45, 2.75) is 26.5 Å². The number of anilines is 2. The van der Waals surface area contributed by atoms with Gasteiger partial charge in [-0.1, -0.05) is 30.3 Å². The van der Waals surface area contributed by atoms with Gasteiger partial charge >= 0.3 is 0 Å². The van der Waals surface area contributed by atoms with Gasteiger partial charge in [0.25, 0.3) is 5.91 Å². The molecule has 0 aliphatic rings. The highest BCUT2D eigenvalue weighted by Crippen LogP contribution is 2.20. The Kier molecular flexibility index (Phi) is 5.86. The van der Waals surface area contributed by atoms with Crippen LogP contribution >= 0.6 is 11.3 Å². The van der Waals surface area contributed by atoms with Crippen molar-refractivity contribution >= 4 is 28.1 Å². The van der Waals surface area contributed by atoms with Crippen LogP contribution in [0.3, 0.4) is 0 Å². The minimum atomic E-state index is -0.190. The van der Waals surface area contributed by atoms with E-state index in [2.05, 4.69) is 15.6 Å². The lowest BCUT2D eigenvalue weighted by atomic mass is 10.2. The smallest absolute Gasteiger partial charge is 0.271 e. The van der Waals surface area contributed by atoms with E-state index in [0.717, 1.165) is 17.0 Å². The largest absolute Gasteiger partial charge is 0.491 e. The lowest BCUT2D eigenvalue weighted by Crippen LogP contribution is -2.23. The lowest BCUT2D eigenvalue weighted by molar-refractivity contribution is 0.0946. The number of thiazole rings is 1. The highest BCUT2D eigenvalue weighted by molar-refractivity contribution is 7.14. The zero-order valence-corrected chi connectivity index (χ0v) is 15.5. The summed E-state index contributed by atoms with van der Waals surface area (Å²) < 4.78 is 5.61. The molecule has 0 aliphatic heterocycles. The average molecular weight is 367 g/mol. The van der Waals surface area contributed by atoms with Gasteiger partial charge in [0.1, 0.15) is 11.4 Å². The van der Waals surface area contributed by atoms with Gasteiger partial charge in [-0.3, -0.25) is 4.79 Å². The summed E-state index contributed by atoms with van der Waals surface area (Å²) in [6.45, 7) is 4.42. The van der Waals surface area contributed by atoms with Crippen LogP contribution < -0.4 is 15.4 Å². The number of ether oxygens (including phenoxy) is 1. The lowest BCUT2D eigenvalue weighted by Gasteiger charge is -2.10. The molecule has 0 atom stereocenters. The summed E-state index contributed by atoms with van der Waals surface area (Å²) in [5.74, 6) is 0.635. The summed E-state index contributed by atoms with van der Waals surface area (Å²) in [5, 5.41) is 8.52. The maximum atomic E-state index is 12.3. The molecule has 0 radical (unpaired) electrons. The normalized spacial score (nSPS) is 10.6. The zero-order chi connectivity index (χ0) is 18.4. The molecule has 2 aromatic carbocycles. The van der Waals surface area contributed by atoms with Crippen LogP contribution in [-0.2, 0) is 6.54 Å². The number of benzene rings is 2. The van der Waals surface area contributed by atoms with Gasteiger partial charge < -0.3 is 15.4 Å². The molecule has 0 aliphatic carbocycles. The van der Waals surface area contributed by atoms with Crippen molar-refractivity contribution in [2.24, 2.45) is 0 Å². The van der Waals surface area contributed by atoms with Crippen LogP contribution in [0.1, 0.15) is 29.9 Å². The number of nitrogens with zero attached hydrogens (tertiary/aromatic N) is 1. The van der Waals surface area contributed by atoms with E-state index in [1.165, 1.54) is 11.3 Å². The molecule has 0 saturated carbocycles. The van der Waals surface area contributed by atoms with Gasteiger partial charge in [0.15, 0.2) is 5.13 Å². The summed E-state index contributed by atoms with van der Waals surface area (Å²) >= 11 is 1.40. The number of aromatic nitrogens is 1. The highest BCUT2D eigenvalue weighted by atomic mass is 32.1. The van der Waals surface area contributed by atoms with Crippen LogP contribution in [-0.4, -0.2) is 17.0 Å². The fourth-order valence-electron chi connectivity index (χ4n) is 2.31. The van der Waals surface area contributed by atoms with Gasteiger partial charge in [0.2, 0.25) is 0 Å². The van der Waals surface area contributed by atoms with E-state index in [0.29, 0.717) is 17.4 Å². The second-order valence-electron chi connectivity index (χ2n) is 6.02. The zero-order valence-electron chi connectivity index (χ0n) is 14.7. The molecule has 0 saturated heterocycles. The Labute approximate surface area is 157 Å². The summed E-state index contributed by atoms with van der Waals surface area (Å²) in [4.78, 5) is 16.6. The first-order chi connectivity index (χ1) is 12.6. The van der Waals surface area contributed by atoms with Crippen molar-refractivity contribution in [3.8, 4) is 5.75 Å². The quantitative estimate of drug-likeness (QED) is 0.640. The predicted molar refractivity (Wildman–Crippen MR) is 105 cm³/mol. The topological polar surface area (TPSA) is 63.2 Å².